The Morgan fingerprint density at radius 1 is 1.38 bits per heavy atom. The van der Waals surface area contributed by atoms with Gasteiger partial charge in [-0.05, 0) is 31.5 Å². The van der Waals surface area contributed by atoms with Crippen molar-refractivity contribution in [1.82, 2.24) is 5.32 Å². The molecular weight excluding hydrogens is 225 g/mol. The highest BCUT2D eigenvalue weighted by molar-refractivity contribution is 6.31. The summed E-state index contributed by atoms with van der Waals surface area (Å²) in [4.78, 5) is 0. The summed E-state index contributed by atoms with van der Waals surface area (Å²) < 4.78 is 13.6. The highest BCUT2D eigenvalue weighted by Crippen LogP contribution is 2.21. The van der Waals surface area contributed by atoms with Crippen LogP contribution in [0.3, 0.4) is 0 Å². The molecule has 0 spiro atoms. The molecule has 1 atom stereocenters. The number of hydrogen-bond acceptors (Lipinski definition) is 1. The fourth-order valence-electron chi connectivity index (χ4n) is 1.89. The van der Waals surface area contributed by atoms with Crippen molar-refractivity contribution in [3.63, 3.8) is 0 Å². The third kappa shape index (κ3) is 3.76. The summed E-state index contributed by atoms with van der Waals surface area (Å²) in [5.41, 5.74) is 0.628. The molecule has 0 heterocycles. The van der Waals surface area contributed by atoms with Crippen molar-refractivity contribution in [3.8, 4) is 0 Å². The van der Waals surface area contributed by atoms with Gasteiger partial charge in [-0.1, -0.05) is 37.9 Å². The zero-order valence-corrected chi connectivity index (χ0v) is 10.6. The van der Waals surface area contributed by atoms with Crippen LogP contribution in [0, 0.1) is 5.82 Å². The van der Waals surface area contributed by atoms with E-state index in [-0.39, 0.29) is 5.82 Å². The highest BCUT2D eigenvalue weighted by Gasteiger charge is 2.13. The number of hydrogen-bond donors (Lipinski definition) is 1. The van der Waals surface area contributed by atoms with Crippen molar-refractivity contribution in [2.75, 3.05) is 6.54 Å². The molecule has 0 aliphatic heterocycles. The molecule has 1 rings (SSSR count). The number of nitrogens with one attached hydrogen (secondary N) is 1. The van der Waals surface area contributed by atoms with Crippen LogP contribution in [-0.2, 0) is 6.42 Å². The van der Waals surface area contributed by atoms with Crippen LogP contribution in [0.4, 0.5) is 4.39 Å². The van der Waals surface area contributed by atoms with Crippen LogP contribution in [0.15, 0.2) is 18.2 Å². The second kappa shape index (κ2) is 6.87. The molecule has 90 valence electrons. The summed E-state index contributed by atoms with van der Waals surface area (Å²) in [6, 6.07) is 5.17. The van der Waals surface area contributed by atoms with Gasteiger partial charge >= 0.3 is 0 Å². The molecule has 0 radical (unpaired) electrons. The molecule has 1 N–H and O–H groups in total. The Balaban J connectivity index is 2.76. The molecule has 0 fully saturated rings. The number of rotatable bonds is 6. The van der Waals surface area contributed by atoms with E-state index in [9.17, 15) is 4.39 Å². The maximum absolute atomic E-state index is 13.6. The molecule has 0 saturated carbocycles. The Labute approximate surface area is 102 Å². The van der Waals surface area contributed by atoms with Gasteiger partial charge in [-0.3, -0.25) is 0 Å². The van der Waals surface area contributed by atoms with E-state index in [2.05, 4.69) is 19.2 Å². The monoisotopic (exact) mass is 243 g/mol. The van der Waals surface area contributed by atoms with Gasteiger partial charge in [0.25, 0.3) is 0 Å². The Hall–Kier alpha value is -0.600. The predicted molar refractivity (Wildman–Crippen MR) is 67.5 cm³/mol. The van der Waals surface area contributed by atoms with Gasteiger partial charge < -0.3 is 5.32 Å². The van der Waals surface area contributed by atoms with Crippen molar-refractivity contribution in [2.45, 2.75) is 39.2 Å². The molecule has 0 amide bonds. The summed E-state index contributed by atoms with van der Waals surface area (Å²) in [6.07, 6.45) is 2.79. The Kier molecular flexibility index (Phi) is 5.78. The lowest BCUT2D eigenvalue weighted by Gasteiger charge is -2.18. The van der Waals surface area contributed by atoms with Crippen molar-refractivity contribution in [1.29, 1.82) is 0 Å². The average molecular weight is 244 g/mol. The van der Waals surface area contributed by atoms with E-state index in [1.165, 1.54) is 6.07 Å². The molecule has 16 heavy (non-hydrogen) atoms. The van der Waals surface area contributed by atoms with Crippen LogP contribution in [0.1, 0.15) is 32.3 Å². The predicted octanol–water partition coefficient (Wildman–Crippen LogP) is 3.80. The minimum atomic E-state index is -0.202. The van der Waals surface area contributed by atoms with E-state index in [0.717, 1.165) is 19.4 Å². The summed E-state index contributed by atoms with van der Waals surface area (Å²) in [5, 5.41) is 3.89. The summed E-state index contributed by atoms with van der Waals surface area (Å²) in [7, 11) is 0. The minimum absolute atomic E-state index is 0.202. The van der Waals surface area contributed by atoms with Gasteiger partial charge in [0.1, 0.15) is 5.82 Å². The molecular formula is C13H19ClFN. The molecule has 0 bridgehead atoms. The van der Waals surface area contributed by atoms with Crippen molar-refractivity contribution < 1.29 is 4.39 Å². The molecule has 3 heteroatoms. The first-order chi connectivity index (χ1) is 7.69. The van der Waals surface area contributed by atoms with Crippen LogP contribution in [0.2, 0.25) is 5.02 Å². The second-order valence-electron chi connectivity index (χ2n) is 3.95. The van der Waals surface area contributed by atoms with E-state index in [1.807, 2.05) is 0 Å². The fraction of sp³-hybridized carbons (Fsp3) is 0.538. The van der Waals surface area contributed by atoms with E-state index in [0.29, 0.717) is 23.0 Å². The molecule has 0 aliphatic rings. The maximum Gasteiger partial charge on any atom is 0.127 e. The van der Waals surface area contributed by atoms with Crippen LogP contribution in [-0.4, -0.2) is 12.6 Å². The first kappa shape index (κ1) is 13.5. The topological polar surface area (TPSA) is 12.0 Å². The highest BCUT2D eigenvalue weighted by atomic mass is 35.5. The molecule has 1 nitrogen and oxygen atoms in total. The van der Waals surface area contributed by atoms with Crippen LogP contribution < -0.4 is 5.32 Å². The van der Waals surface area contributed by atoms with E-state index >= 15 is 0 Å². The summed E-state index contributed by atoms with van der Waals surface area (Å²) >= 11 is 6.01. The molecule has 1 unspecified atom stereocenters. The van der Waals surface area contributed by atoms with Crippen molar-refractivity contribution >= 4 is 11.6 Å². The lowest BCUT2D eigenvalue weighted by molar-refractivity contribution is 0.475. The molecule has 0 aliphatic carbocycles. The molecule has 0 saturated heterocycles. The van der Waals surface area contributed by atoms with Gasteiger partial charge in [-0.2, -0.15) is 0 Å². The number of halogens is 2. The van der Waals surface area contributed by atoms with E-state index < -0.39 is 0 Å². The number of likely N-dealkylation sites (N-methyl/N-ethyl adjacent to an activating group) is 1. The van der Waals surface area contributed by atoms with Crippen LogP contribution in [0.5, 0.6) is 0 Å². The third-order valence-electron chi connectivity index (χ3n) is 2.64. The first-order valence-electron chi connectivity index (χ1n) is 5.85. The van der Waals surface area contributed by atoms with Gasteiger partial charge in [0.15, 0.2) is 0 Å². The van der Waals surface area contributed by atoms with Crippen molar-refractivity contribution in [2.24, 2.45) is 0 Å². The van der Waals surface area contributed by atoms with Crippen molar-refractivity contribution in [3.05, 3.63) is 34.6 Å². The number of benzene rings is 1. The molecule has 0 aromatic heterocycles. The smallest absolute Gasteiger partial charge is 0.127 e. The largest absolute Gasteiger partial charge is 0.314 e. The lowest BCUT2D eigenvalue weighted by Crippen LogP contribution is -2.31. The standard InChI is InChI=1S/C13H19ClFN/c1-3-6-10(16-4-2)9-11-12(14)7-5-8-13(11)15/h5,7-8,10,16H,3-4,6,9H2,1-2H3. The molecule has 1 aromatic carbocycles. The Bertz CT molecular complexity index is 301. The van der Waals surface area contributed by atoms with Gasteiger partial charge in [0.2, 0.25) is 0 Å². The quantitative estimate of drug-likeness (QED) is 0.802. The fourth-order valence-corrected chi connectivity index (χ4v) is 2.13. The Morgan fingerprint density at radius 2 is 2.12 bits per heavy atom. The average Bonchev–Trinajstić information content (AvgIpc) is 2.24. The van der Waals surface area contributed by atoms with Crippen LogP contribution >= 0.6 is 11.6 Å². The van der Waals surface area contributed by atoms with Gasteiger partial charge in [0, 0.05) is 16.6 Å². The summed E-state index contributed by atoms with van der Waals surface area (Å²) in [6.45, 7) is 5.09. The zero-order chi connectivity index (χ0) is 12.0. The SMILES string of the molecule is CCCC(Cc1c(F)cccc1Cl)NCC. The maximum atomic E-state index is 13.6. The zero-order valence-electron chi connectivity index (χ0n) is 9.89. The van der Waals surface area contributed by atoms with Gasteiger partial charge in [-0.15, -0.1) is 0 Å². The van der Waals surface area contributed by atoms with Gasteiger partial charge in [0.05, 0.1) is 0 Å². The lowest BCUT2D eigenvalue weighted by atomic mass is 10.0. The summed E-state index contributed by atoms with van der Waals surface area (Å²) in [5.74, 6) is -0.202. The first-order valence-corrected chi connectivity index (χ1v) is 6.23. The van der Waals surface area contributed by atoms with Crippen LogP contribution in [0.25, 0.3) is 0 Å². The van der Waals surface area contributed by atoms with E-state index in [1.54, 1.807) is 12.1 Å². The minimum Gasteiger partial charge on any atom is -0.314 e. The second-order valence-corrected chi connectivity index (χ2v) is 4.35. The molecule has 1 aromatic rings. The van der Waals surface area contributed by atoms with Gasteiger partial charge in [-0.25, -0.2) is 4.39 Å². The normalized spacial score (nSPS) is 12.8. The third-order valence-corrected chi connectivity index (χ3v) is 3.00. The Morgan fingerprint density at radius 3 is 2.69 bits per heavy atom. The van der Waals surface area contributed by atoms with E-state index in [4.69, 9.17) is 11.6 Å².